The number of nitrogens with zero attached hydrogens (tertiary/aromatic N) is 1. The molecule has 2 rings (SSSR count). The maximum absolute atomic E-state index is 12.7. The van der Waals surface area contributed by atoms with Crippen molar-refractivity contribution in [3.05, 3.63) is 0 Å². The summed E-state index contributed by atoms with van der Waals surface area (Å²) in [4.78, 5) is 4.66. The number of halogens is 3. The largest absolute Gasteiger partial charge is 0.391 e. The fourth-order valence-corrected chi connectivity index (χ4v) is 3.36. The van der Waals surface area contributed by atoms with Gasteiger partial charge in [-0.05, 0) is 38.5 Å². The Balaban J connectivity index is 1.91. The van der Waals surface area contributed by atoms with Crippen LogP contribution in [0.15, 0.2) is 4.99 Å². The summed E-state index contributed by atoms with van der Waals surface area (Å²) in [5, 5.41) is 0. The highest BCUT2D eigenvalue weighted by Gasteiger charge is 2.42. The molecule has 0 spiro atoms. The van der Waals surface area contributed by atoms with Crippen LogP contribution in [0.2, 0.25) is 0 Å². The lowest BCUT2D eigenvalue weighted by Crippen LogP contribution is -2.40. The van der Waals surface area contributed by atoms with Gasteiger partial charge in [-0.2, -0.15) is 13.2 Å². The van der Waals surface area contributed by atoms with Gasteiger partial charge in [-0.15, -0.1) is 0 Å². The van der Waals surface area contributed by atoms with Gasteiger partial charge in [0.05, 0.1) is 12.0 Å². The first-order valence-corrected chi connectivity index (χ1v) is 7.61. The van der Waals surface area contributed by atoms with Gasteiger partial charge in [-0.1, -0.05) is 19.3 Å². The van der Waals surface area contributed by atoms with E-state index in [1.807, 2.05) is 0 Å². The van der Waals surface area contributed by atoms with Crippen LogP contribution in [0.5, 0.6) is 0 Å². The Morgan fingerprint density at radius 1 is 0.950 bits per heavy atom. The van der Waals surface area contributed by atoms with Crippen LogP contribution < -0.4 is 11.3 Å². The van der Waals surface area contributed by atoms with Crippen molar-refractivity contribution >= 4 is 5.84 Å². The van der Waals surface area contributed by atoms with Crippen LogP contribution in [-0.2, 0) is 0 Å². The third-order valence-corrected chi connectivity index (χ3v) is 4.62. The number of nitrogens with one attached hydrogen (secondary N) is 1. The number of amidine groups is 1. The van der Waals surface area contributed by atoms with Crippen LogP contribution in [0, 0.1) is 11.8 Å². The molecule has 0 radical (unpaired) electrons. The molecule has 0 aromatic rings. The zero-order chi connectivity index (χ0) is 14.6. The fraction of sp³-hybridized carbons (Fsp3) is 0.929. The van der Waals surface area contributed by atoms with E-state index in [0.29, 0.717) is 18.9 Å². The molecular formula is C14H24F3N3. The Bertz CT molecular complexity index is 327. The second-order valence-electron chi connectivity index (χ2n) is 6.04. The Kier molecular flexibility index (Phi) is 5.29. The molecule has 0 unspecified atom stereocenters. The monoisotopic (exact) mass is 291 g/mol. The molecule has 2 fully saturated rings. The summed E-state index contributed by atoms with van der Waals surface area (Å²) in [6.07, 6.45) is 3.17. The van der Waals surface area contributed by atoms with Crippen LogP contribution in [0.4, 0.5) is 13.2 Å². The number of hydrazine groups is 1. The summed E-state index contributed by atoms with van der Waals surface area (Å²) in [5.74, 6) is 5.18. The average Bonchev–Trinajstić information content (AvgIpc) is 2.45. The van der Waals surface area contributed by atoms with Crippen molar-refractivity contribution in [1.82, 2.24) is 5.43 Å². The number of aliphatic imine (C=N–C) groups is 1. The van der Waals surface area contributed by atoms with Crippen LogP contribution in [0.1, 0.15) is 57.8 Å². The van der Waals surface area contributed by atoms with E-state index in [4.69, 9.17) is 5.84 Å². The van der Waals surface area contributed by atoms with Crippen molar-refractivity contribution in [1.29, 1.82) is 0 Å². The minimum absolute atomic E-state index is 0.0699. The van der Waals surface area contributed by atoms with Gasteiger partial charge in [0.2, 0.25) is 0 Å². The highest BCUT2D eigenvalue weighted by Crippen LogP contribution is 2.39. The normalized spacial score (nSPS) is 30.3. The Labute approximate surface area is 118 Å². The number of rotatable bonds is 2. The molecule has 0 aromatic heterocycles. The average molecular weight is 291 g/mol. The third-order valence-electron chi connectivity index (χ3n) is 4.62. The van der Waals surface area contributed by atoms with Crippen molar-refractivity contribution in [2.75, 3.05) is 0 Å². The second-order valence-corrected chi connectivity index (χ2v) is 6.04. The molecule has 0 aliphatic heterocycles. The lowest BCUT2D eigenvalue weighted by Gasteiger charge is -2.31. The quantitative estimate of drug-likeness (QED) is 0.354. The molecule has 0 atom stereocenters. The number of nitrogens with two attached hydrogens (primary N) is 1. The molecule has 2 aliphatic rings. The minimum atomic E-state index is -4.05. The topological polar surface area (TPSA) is 50.4 Å². The van der Waals surface area contributed by atoms with Crippen molar-refractivity contribution in [2.24, 2.45) is 22.7 Å². The first kappa shape index (κ1) is 15.6. The van der Waals surface area contributed by atoms with Gasteiger partial charge in [-0.3, -0.25) is 4.99 Å². The summed E-state index contributed by atoms with van der Waals surface area (Å²) >= 11 is 0. The van der Waals surface area contributed by atoms with E-state index in [9.17, 15) is 13.2 Å². The molecule has 20 heavy (non-hydrogen) atoms. The Morgan fingerprint density at radius 3 is 2.05 bits per heavy atom. The SMILES string of the molecule is NNC(=NC1CCCCC1)C1CCC(C(F)(F)F)CC1. The molecular weight excluding hydrogens is 267 g/mol. The van der Waals surface area contributed by atoms with Gasteiger partial charge in [0, 0.05) is 5.92 Å². The third kappa shape index (κ3) is 4.11. The highest BCUT2D eigenvalue weighted by atomic mass is 19.4. The van der Waals surface area contributed by atoms with Crippen LogP contribution in [-0.4, -0.2) is 18.1 Å². The van der Waals surface area contributed by atoms with E-state index in [-0.39, 0.29) is 18.8 Å². The summed E-state index contributed by atoms with van der Waals surface area (Å²) in [6, 6.07) is 0.301. The van der Waals surface area contributed by atoms with Crippen molar-refractivity contribution in [2.45, 2.75) is 70.0 Å². The zero-order valence-electron chi connectivity index (χ0n) is 11.8. The van der Waals surface area contributed by atoms with Crippen LogP contribution in [0.3, 0.4) is 0 Å². The molecule has 0 aromatic carbocycles. The lowest BCUT2D eigenvalue weighted by molar-refractivity contribution is -0.182. The molecule has 116 valence electrons. The second kappa shape index (κ2) is 6.78. The van der Waals surface area contributed by atoms with Gasteiger partial charge >= 0.3 is 6.18 Å². The first-order valence-electron chi connectivity index (χ1n) is 7.61. The first-order chi connectivity index (χ1) is 9.50. The Morgan fingerprint density at radius 2 is 1.55 bits per heavy atom. The van der Waals surface area contributed by atoms with Crippen molar-refractivity contribution < 1.29 is 13.2 Å². The van der Waals surface area contributed by atoms with Gasteiger partial charge in [-0.25, -0.2) is 5.84 Å². The van der Waals surface area contributed by atoms with Gasteiger partial charge in [0.1, 0.15) is 5.84 Å². The van der Waals surface area contributed by atoms with E-state index in [2.05, 4.69) is 10.4 Å². The molecule has 6 heteroatoms. The van der Waals surface area contributed by atoms with E-state index in [1.165, 1.54) is 19.3 Å². The maximum Gasteiger partial charge on any atom is 0.391 e. The van der Waals surface area contributed by atoms with E-state index < -0.39 is 12.1 Å². The fourth-order valence-electron chi connectivity index (χ4n) is 3.36. The van der Waals surface area contributed by atoms with E-state index in [1.54, 1.807) is 0 Å². The molecule has 2 aliphatic carbocycles. The number of hydrogen-bond acceptors (Lipinski definition) is 2. The predicted molar refractivity (Wildman–Crippen MR) is 73.1 cm³/mol. The van der Waals surface area contributed by atoms with Crippen LogP contribution in [0.25, 0.3) is 0 Å². The maximum atomic E-state index is 12.7. The van der Waals surface area contributed by atoms with Crippen molar-refractivity contribution in [3.8, 4) is 0 Å². The summed E-state index contributed by atoms with van der Waals surface area (Å²) in [7, 11) is 0. The summed E-state index contributed by atoms with van der Waals surface area (Å²) < 4.78 is 38.0. The highest BCUT2D eigenvalue weighted by molar-refractivity contribution is 5.84. The number of alkyl halides is 3. The van der Waals surface area contributed by atoms with Gasteiger partial charge in [0.25, 0.3) is 0 Å². The number of hydrogen-bond donors (Lipinski definition) is 2. The molecule has 0 bridgehead atoms. The summed E-state index contributed by atoms with van der Waals surface area (Å²) in [5.41, 5.74) is 2.64. The lowest BCUT2D eigenvalue weighted by atomic mass is 9.81. The molecule has 0 saturated heterocycles. The smallest absolute Gasteiger partial charge is 0.312 e. The molecule has 2 saturated carbocycles. The van der Waals surface area contributed by atoms with E-state index in [0.717, 1.165) is 18.7 Å². The van der Waals surface area contributed by atoms with Gasteiger partial charge in [0.15, 0.2) is 0 Å². The summed E-state index contributed by atoms with van der Waals surface area (Å²) in [6.45, 7) is 0. The van der Waals surface area contributed by atoms with Gasteiger partial charge < -0.3 is 5.43 Å². The van der Waals surface area contributed by atoms with Crippen LogP contribution >= 0.6 is 0 Å². The molecule has 0 heterocycles. The van der Waals surface area contributed by atoms with E-state index >= 15 is 0 Å². The zero-order valence-corrected chi connectivity index (χ0v) is 11.8. The molecule has 0 amide bonds. The minimum Gasteiger partial charge on any atom is -0.312 e. The standard InChI is InChI=1S/C14H24F3N3/c15-14(16,17)11-8-6-10(7-9-11)13(20-18)19-12-4-2-1-3-5-12/h10-12H,1-9,18H2,(H,19,20). The Hall–Kier alpha value is -0.780. The molecule has 3 N–H and O–H groups in total. The molecule has 3 nitrogen and oxygen atoms in total. The predicted octanol–water partition coefficient (Wildman–Crippen LogP) is 3.55. The van der Waals surface area contributed by atoms with Crippen molar-refractivity contribution in [3.63, 3.8) is 0 Å².